The second kappa shape index (κ2) is 4.06. The van der Waals surface area contributed by atoms with Crippen LogP contribution in [-0.4, -0.2) is 16.6 Å². The van der Waals surface area contributed by atoms with Crippen molar-refractivity contribution < 1.29 is 0 Å². The topological polar surface area (TPSA) is 29.9 Å². The summed E-state index contributed by atoms with van der Waals surface area (Å²) >= 11 is 0. The van der Waals surface area contributed by atoms with Crippen LogP contribution in [0.2, 0.25) is 0 Å². The zero-order valence-electron chi connectivity index (χ0n) is 10.5. The van der Waals surface area contributed by atoms with Crippen LogP contribution in [0.15, 0.2) is 18.2 Å². The van der Waals surface area contributed by atoms with Crippen LogP contribution in [0.4, 0.5) is 5.69 Å². The molecule has 0 saturated heterocycles. The van der Waals surface area contributed by atoms with E-state index in [4.69, 9.17) is 4.98 Å². The number of hydrogen-bond acceptors (Lipinski definition) is 2. The highest BCUT2D eigenvalue weighted by atomic mass is 15.1. The van der Waals surface area contributed by atoms with Gasteiger partial charge < -0.3 is 9.88 Å². The maximum Gasteiger partial charge on any atom is 0.112 e. The number of aryl methyl sites for hydroxylation is 1. The molecule has 1 N–H and O–H groups in total. The molecule has 17 heavy (non-hydrogen) atoms. The fourth-order valence-electron chi connectivity index (χ4n) is 2.91. The van der Waals surface area contributed by atoms with Gasteiger partial charge in [-0.15, -0.1) is 0 Å². The summed E-state index contributed by atoms with van der Waals surface area (Å²) in [4.78, 5) is 4.80. The smallest absolute Gasteiger partial charge is 0.112 e. The second-order valence-corrected chi connectivity index (χ2v) is 4.96. The van der Waals surface area contributed by atoms with Crippen LogP contribution in [-0.2, 0) is 7.05 Å². The first-order chi connectivity index (χ1) is 8.29. The Balaban J connectivity index is 2.11. The van der Waals surface area contributed by atoms with Gasteiger partial charge in [0.25, 0.3) is 0 Å². The van der Waals surface area contributed by atoms with Crippen molar-refractivity contribution >= 4 is 16.7 Å². The number of nitrogens with zero attached hydrogens (tertiary/aromatic N) is 2. The van der Waals surface area contributed by atoms with E-state index in [1.165, 1.54) is 37.0 Å². The summed E-state index contributed by atoms with van der Waals surface area (Å²) in [6.07, 6.45) is 5.32. The molecule has 0 unspecified atom stereocenters. The van der Waals surface area contributed by atoms with Gasteiger partial charge in [-0.25, -0.2) is 4.98 Å². The van der Waals surface area contributed by atoms with Crippen LogP contribution < -0.4 is 5.32 Å². The molecule has 0 radical (unpaired) electrons. The third-order valence-corrected chi connectivity index (χ3v) is 3.92. The molecule has 3 heteroatoms. The summed E-state index contributed by atoms with van der Waals surface area (Å²) in [6, 6.07) is 6.38. The molecule has 0 spiro atoms. The molecule has 0 atom stereocenters. The molecule has 1 saturated carbocycles. The minimum Gasteiger partial charge on any atom is -0.388 e. The van der Waals surface area contributed by atoms with Crippen molar-refractivity contribution in [1.29, 1.82) is 0 Å². The van der Waals surface area contributed by atoms with Gasteiger partial charge in [-0.1, -0.05) is 12.8 Å². The number of rotatable bonds is 2. The molecule has 0 amide bonds. The highest BCUT2D eigenvalue weighted by molar-refractivity contribution is 5.80. The maximum atomic E-state index is 4.80. The Morgan fingerprint density at radius 2 is 2.06 bits per heavy atom. The number of anilines is 1. The van der Waals surface area contributed by atoms with Crippen molar-refractivity contribution in [3.05, 3.63) is 24.0 Å². The fraction of sp³-hybridized carbons (Fsp3) is 0.500. The minimum atomic E-state index is 0.672. The Hall–Kier alpha value is -1.51. The number of fused-ring (bicyclic) bond motifs is 1. The molecule has 0 aliphatic heterocycles. The van der Waals surface area contributed by atoms with Gasteiger partial charge in [-0.05, 0) is 31.0 Å². The summed E-state index contributed by atoms with van der Waals surface area (Å²) in [7, 11) is 4.10. The predicted molar refractivity (Wildman–Crippen MR) is 71.5 cm³/mol. The van der Waals surface area contributed by atoms with Crippen LogP contribution >= 0.6 is 0 Å². The van der Waals surface area contributed by atoms with Crippen LogP contribution in [0.5, 0.6) is 0 Å². The second-order valence-electron chi connectivity index (χ2n) is 4.96. The zero-order chi connectivity index (χ0) is 11.8. The molecule has 0 bridgehead atoms. The molecule has 1 heterocycles. The fourth-order valence-corrected chi connectivity index (χ4v) is 2.91. The van der Waals surface area contributed by atoms with E-state index < -0.39 is 0 Å². The van der Waals surface area contributed by atoms with Gasteiger partial charge in [0.2, 0.25) is 0 Å². The lowest BCUT2D eigenvalue weighted by atomic mass is 10.1. The third kappa shape index (κ3) is 1.70. The average molecular weight is 229 g/mol. The Morgan fingerprint density at radius 1 is 1.29 bits per heavy atom. The lowest BCUT2D eigenvalue weighted by molar-refractivity contribution is 0.639. The van der Waals surface area contributed by atoms with Gasteiger partial charge in [0.1, 0.15) is 5.82 Å². The predicted octanol–water partition coefficient (Wildman–Crippen LogP) is 3.27. The molecule has 1 aliphatic rings. The van der Waals surface area contributed by atoms with Gasteiger partial charge in [-0.2, -0.15) is 0 Å². The van der Waals surface area contributed by atoms with Crippen molar-refractivity contribution in [3.63, 3.8) is 0 Å². The SMILES string of the molecule is CNc1ccc2nc(C3CCCC3)n(C)c2c1. The van der Waals surface area contributed by atoms with Crippen LogP contribution in [0.1, 0.15) is 37.4 Å². The molecule has 3 nitrogen and oxygen atoms in total. The van der Waals surface area contributed by atoms with Crippen LogP contribution in [0.3, 0.4) is 0 Å². The maximum absolute atomic E-state index is 4.80. The highest BCUT2D eigenvalue weighted by Gasteiger charge is 2.22. The summed E-state index contributed by atoms with van der Waals surface area (Å²) in [5.41, 5.74) is 3.51. The van der Waals surface area contributed by atoms with E-state index in [1.807, 2.05) is 7.05 Å². The van der Waals surface area contributed by atoms with Gasteiger partial charge in [0, 0.05) is 25.7 Å². The number of hydrogen-bond donors (Lipinski definition) is 1. The van der Waals surface area contributed by atoms with E-state index in [0.717, 1.165) is 11.2 Å². The van der Waals surface area contributed by atoms with Crippen molar-refractivity contribution in [2.75, 3.05) is 12.4 Å². The Labute approximate surface area is 102 Å². The van der Waals surface area contributed by atoms with E-state index in [1.54, 1.807) is 0 Å². The summed E-state index contributed by atoms with van der Waals surface area (Å²) in [5, 5.41) is 3.18. The summed E-state index contributed by atoms with van der Waals surface area (Å²) in [5.74, 6) is 1.94. The molecule has 3 rings (SSSR count). The van der Waals surface area contributed by atoms with Gasteiger partial charge in [0.05, 0.1) is 11.0 Å². The first kappa shape index (κ1) is 10.6. The largest absolute Gasteiger partial charge is 0.388 e. The quantitative estimate of drug-likeness (QED) is 0.856. The molecular formula is C14H19N3. The van der Waals surface area contributed by atoms with E-state index in [0.29, 0.717) is 5.92 Å². The van der Waals surface area contributed by atoms with Crippen LogP contribution in [0, 0.1) is 0 Å². The van der Waals surface area contributed by atoms with Crippen molar-refractivity contribution in [2.45, 2.75) is 31.6 Å². The van der Waals surface area contributed by atoms with Crippen LogP contribution in [0.25, 0.3) is 11.0 Å². The number of benzene rings is 1. The van der Waals surface area contributed by atoms with Gasteiger partial charge in [0.15, 0.2) is 0 Å². The van der Waals surface area contributed by atoms with Gasteiger partial charge >= 0.3 is 0 Å². The number of aromatic nitrogens is 2. The van der Waals surface area contributed by atoms with Crippen molar-refractivity contribution in [3.8, 4) is 0 Å². The Bertz CT molecular complexity index is 536. The molecule has 1 fully saturated rings. The Kier molecular flexibility index (Phi) is 2.54. The molecule has 2 aromatic rings. The summed E-state index contributed by atoms with van der Waals surface area (Å²) < 4.78 is 2.27. The first-order valence-electron chi connectivity index (χ1n) is 6.43. The third-order valence-electron chi connectivity index (χ3n) is 3.92. The van der Waals surface area contributed by atoms with E-state index >= 15 is 0 Å². The average Bonchev–Trinajstić information content (AvgIpc) is 2.97. The molecule has 1 aromatic carbocycles. The molecular weight excluding hydrogens is 210 g/mol. The lowest BCUT2D eigenvalue weighted by Gasteiger charge is -2.08. The lowest BCUT2D eigenvalue weighted by Crippen LogP contribution is -2.02. The van der Waals surface area contributed by atoms with E-state index in [9.17, 15) is 0 Å². The number of nitrogens with one attached hydrogen (secondary N) is 1. The summed E-state index contributed by atoms with van der Waals surface area (Å²) in [6.45, 7) is 0. The van der Waals surface area contributed by atoms with Crippen molar-refractivity contribution in [1.82, 2.24) is 9.55 Å². The molecule has 90 valence electrons. The zero-order valence-corrected chi connectivity index (χ0v) is 10.5. The minimum absolute atomic E-state index is 0.672. The monoisotopic (exact) mass is 229 g/mol. The normalized spacial score (nSPS) is 16.8. The standard InChI is InChI=1S/C14H19N3/c1-15-11-7-8-12-13(9-11)17(2)14(16-12)10-5-3-4-6-10/h7-10,15H,3-6H2,1-2H3. The first-order valence-corrected chi connectivity index (χ1v) is 6.43. The highest BCUT2D eigenvalue weighted by Crippen LogP contribution is 2.34. The number of imidazole rings is 1. The van der Waals surface area contributed by atoms with Gasteiger partial charge in [-0.3, -0.25) is 0 Å². The van der Waals surface area contributed by atoms with E-state index in [2.05, 4.69) is 35.1 Å². The van der Waals surface area contributed by atoms with Crippen molar-refractivity contribution in [2.24, 2.45) is 7.05 Å². The molecule has 1 aromatic heterocycles. The Morgan fingerprint density at radius 3 is 2.76 bits per heavy atom. The van der Waals surface area contributed by atoms with E-state index in [-0.39, 0.29) is 0 Å². The molecule has 1 aliphatic carbocycles.